The van der Waals surface area contributed by atoms with Gasteiger partial charge in [0.05, 0.1) is 19.8 Å². The SMILES string of the molecule is CCOC(OCC)[C@H]1OC[C@H](O)[C@@H]1C(=O)OC. The summed E-state index contributed by atoms with van der Waals surface area (Å²) in [5, 5.41) is 9.71. The van der Waals surface area contributed by atoms with Crippen molar-refractivity contribution in [3.05, 3.63) is 0 Å². The van der Waals surface area contributed by atoms with Crippen LogP contribution in [0.25, 0.3) is 0 Å². The molecule has 1 N–H and O–H groups in total. The summed E-state index contributed by atoms with van der Waals surface area (Å²) in [7, 11) is 1.28. The van der Waals surface area contributed by atoms with Crippen LogP contribution in [0.5, 0.6) is 0 Å². The van der Waals surface area contributed by atoms with Crippen LogP contribution in [0.2, 0.25) is 0 Å². The standard InChI is InChI=1S/C11H20O6/c1-4-15-11(16-5-2)9-8(10(13)14-3)7(12)6-17-9/h7-9,11-12H,4-6H2,1-3H3/t7-,8-,9-/m0/s1. The van der Waals surface area contributed by atoms with E-state index in [-0.39, 0.29) is 6.61 Å². The maximum absolute atomic E-state index is 11.6. The fourth-order valence-electron chi connectivity index (χ4n) is 1.88. The van der Waals surface area contributed by atoms with Crippen LogP contribution in [0.4, 0.5) is 0 Å². The Morgan fingerprint density at radius 2 is 2.00 bits per heavy atom. The van der Waals surface area contributed by atoms with E-state index in [9.17, 15) is 9.90 Å². The number of hydrogen-bond donors (Lipinski definition) is 1. The van der Waals surface area contributed by atoms with Crippen molar-refractivity contribution in [1.29, 1.82) is 0 Å². The van der Waals surface area contributed by atoms with E-state index in [0.29, 0.717) is 13.2 Å². The lowest BCUT2D eigenvalue weighted by Crippen LogP contribution is -2.42. The van der Waals surface area contributed by atoms with E-state index in [2.05, 4.69) is 4.74 Å². The van der Waals surface area contributed by atoms with Crippen LogP contribution in [-0.4, -0.2) is 56.5 Å². The van der Waals surface area contributed by atoms with Gasteiger partial charge in [-0.3, -0.25) is 4.79 Å². The third kappa shape index (κ3) is 3.38. The minimum absolute atomic E-state index is 0.0844. The molecule has 100 valence electrons. The summed E-state index contributed by atoms with van der Waals surface area (Å²) < 4.78 is 20.8. The van der Waals surface area contributed by atoms with Crippen molar-refractivity contribution in [2.24, 2.45) is 5.92 Å². The van der Waals surface area contributed by atoms with Gasteiger partial charge in [0.25, 0.3) is 0 Å². The first kappa shape index (κ1) is 14.4. The van der Waals surface area contributed by atoms with Gasteiger partial charge in [0.15, 0.2) is 6.29 Å². The predicted octanol–water partition coefficient (Wildman–Crippen LogP) is -0.0656. The first-order chi connectivity index (χ1) is 8.15. The molecule has 0 radical (unpaired) electrons. The molecule has 0 saturated carbocycles. The molecule has 1 fully saturated rings. The van der Waals surface area contributed by atoms with Crippen LogP contribution in [0.1, 0.15) is 13.8 Å². The van der Waals surface area contributed by atoms with Crippen LogP contribution < -0.4 is 0 Å². The number of aliphatic hydroxyl groups is 1. The average Bonchev–Trinajstić information content (AvgIpc) is 2.70. The number of aliphatic hydroxyl groups excluding tert-OH is 1. The zero-order chi connectivity index (χ0) is 12.8. The van der Waals surface area contributed by atoms with Crippen molar-refractivity contribution >= 4 is 5.97 Å². The van der Waals surface area contributed by atoms with Crippen molar-refractivity contribution in [1.82, 2.24) is 0 Å². The Balaban J connectivity index is 2.74. The Kier molecular flexibility index (Phi) is 5.84. The zero-order valence-corrected chi connectivity index (χ0v) is 10.4. The monoisotopic (exact) mass is 248 g/mol. The van der Waals surface area contributed by atoms with Gasteiger partial charge in [0, 0.05) is 13.2 Å². The summed E-state index contributed by atoms with van der Waals surface area (Å²) in [5.74, 6) is -1.27. The van der Waals surface area contributed by atoms with Crippen molar-refractivity contribution in [2.75, 3.05) is 26.9 Å². The maximum Gasteiger partial charge on any atom is 0.314 e. The molecule has 0 aromatic heterocycles. The molecular formula is C11H20O6. The number of carbonyl (C=O) groups excluding carboxylic acids is 1. The molecule has 0 aliphatic carbocycles. The normalized spacial score (nSPS) is 28.6. The summed E-state index contributed by atoms with van der Waals surface area (Å²) in [6.45, 7) is 4.61. The first-order valence-electron chi connectivity index (χ1n) is 5.76. The second-order valence-corrected chi connectivity index (χ2v) is 3.69. The summed E-state index contributed by atoms with van der Waals surface area (Å²) in [6.07, 6.45) is -2.17. The maximum atomic E-state index is 11.6. The van der Waals surface area contributed by atoms with E-state index < -0.39 is 30.4 Å². The lowest BCUT2D eigenvalue weighted by Gasteiger charge is -2.26. The van der Waals surface area contributed by atoms with Gasteiger partial charge in [0.2, 0.25) is 0 Å². The van der Waals surface area contributed by atoms with Crippen LogP contribution in [0.15, 0.2) is 0 Å². The highest BCUT2D eigenvalue weighted by atomic mass is 16.7. The van der Waals surface area contributed by atoms with Gasteiger partial charge < -0.3 is 24.1 Å². The van der Waals surface area contributed by atoms with Crippen molar-refractivity contribution < 1.29 is 28.8 Å². The van der Waals surface area contributed by atoms with E-state index in [1.54, 1.807) is 0 Å². The number of carbonyl (C=O) groups is 1. The van der Waals surface area contributed by atoms with Crippen LogP contribution in [0.3, 0.4) is 0 Å². The summed E-state index contributed by atoms with van der Waals surface area (Å²) in [5.41, 5.74) is 0. The molecule has 0 spiro atoms. The Morgan fingerprint density at radius 1 is 1.41 bits per heavy atom. The number of rotatable bonds is 6. The van der Waals surface area contributed by atoms with Gasteiger partial charge in [-0.2, -0.15) is 0 Å². The minimum atomic E-state index is -0.879. The molecule has 6 nitrogen and oxygen atoms in total. The lowest BCUT2D eigenvalue weighted by atomic mass is 9.99. The molecule has 1 saturated heterocycles. The van der Waals surface area contributed by atoms with E-state index in [1.165, 1.54) is 7.11 Å². The fourth-order valence-corrected chi connectivity index (χ4v) is 1.88. The molecule has 0 unspecified atom stereocenters. The van der Waals surface area contributed by atoms with Gasteiger partial charge in [-0.25, -0.2) is 0 Å². The number of methoxy groups -OCH3 is 1. The summed E-state index contributed by atoms with van der Waals surface area (Å²) >= 11 is 0. The smallest absolute Gasteiger partial charge is 0.314 e. The molecule has 17 heavy (non-hydrogen) atoms. The molecule has 6 heteroatoms. The highest BCUT2D eigenvalue weighted by Gasteiger charge is 2.47. The van der Waals surface area contributed by atoms with E-state index in [4.69, 9.17) is 14.2 Å². The van der Waals surface area contributed by atoms with E-state index in [1.807, 2.05) is 13.8 Å². The van der Waals surface area contributed by atoms with Crippen LogP contribution in [0, 0.1) is 5.92 Å². The zero-order valence-electron chi connectivity index (χ0n) is 10.4. The van der Waals surface area contributed by atoms with Gasteiger partial charge in [-0.15, -0.1) is 0 Å². The molecule has 1 aliphatic heterocycles. The largest absolute Gasteiger partial charge is 0.469 e. The second-order valence-electron chi connectivity index (χ2n) is 3.69. The van der Waals surface area contributed by atoms with Crippen molar-refractivity contribution in [2.45, 2.75) is 32.3 Å². The topological polar surface area (TPSA) is 74.2 Å². The number of hydrogen-bond acceptors (Lipinski definition) is 6. The summed E-state index contributed by atoms with van der Waals surface area (Å²) in [4.78, 5) is 11.6. The van der Waals surface area contributed by atoms with Crippen molar-refractivity contribution in [3.63, 3.8) is 0 Å². The lowest BCUT2D eigenvalue weighted by molar-refractivity contribution is -0.204. The quantitative estimate of drug-likeness (QED) is 0.524. The van der Waals surface area contributed by atoms with Gasteiger partial charge in [0.1, 0.15) is 12.0 Å². The van der Waals surface area contributed by atoms with Crippen LogP contribution >= 0.6 is 0 Å². The molecule has 0 aromatic rings. The predicted molar refractivity (Wildman–Crippen MR) is 58.3 cm³/mol. The molecule has 1 aliphatic rings. The van der Waals surface area contributed by atoms with Gasteiger partial charge in [-0.1, -0.05) is 0 Å². The Labute approximate surface area is 101 Å². The van der Waals surface area contributed by atoms with Crippen LogP contribution in [-0.2, 0) is 23.7 Å². The molecule has 1 heterocycles. The highest BCUT2D eigenvalue weighted by molar-refractivity contribution is 5.74. The van der Waals surface area contributed by atoms with Crippen molar-refractivity contribution in [3.8, 4) is 0 Å². The molecule has 0 bridgehead atoms. The summed E-state index contributed by atoms with van der Waals surface area (Å²) in [6, 6.07) is 0. The average molecular weight is 248 g/mol. The van der Waals surface area contributed by atoms with Gasteiger partial charge >= 0.3 is 5.97 Å². The third-order valence-electron chi connectivity index (χ3n) is 2.63. The fraction of sp³-hybridized carbons (Fsp3) is 0.909. The number of esters is 1. The Morgan fingerprint density at radius 3 is 2.47 bits per heavy atom. The third-order valence-corrected chi connectivity index (χ3v) is 2.63. The molecule has 3 atom stereocenters. The molecule has 1 rings (SSSR count). The second kappa shape index (κ2) is 6.90. The highest BCUT2D eigenvalue weighted by Crippen LogP contribution is 2.27. The minimum Gasteiger partial charge on any atom is -0.469 e. The van der Waals surface area contributed by atoms with E-state index >= 15 is 0 Å². The van der Waals surface area contributed by atoms with E-state index in [0.717, 1.165) is 0 Å². The Hall–Kier alpha value is -0.690. The molecule has 0 aromatic carbocycles. The van der Waals surface area contributed by atoms with Gasteiger partial charge in [-0.05, 0) is 13.8 Å². The molecule has 0 amide bonds. The first-order valence-corrected chi connectivity index (χ1v) is 5.76. The Bertz CT molecular complexity index is 238. The number of ether oxygens (including phenoxy) is 4. The molecular weight excluding hydrogens is 228 g/mol.